The predicted molar refractivity (Wildman–Crippen MR) is 63.5 cm³/mol. The second-order valence-corrected chi connectivity index (χ2v) is 4.14. The number of pyridine rings is 1. The van der Waals surface area contributed by atoms with E-state index < -0.39 is 12.2 Å². The van der Waals surface area contributed by atoms with Crippen molar-refractivity contribution in [3.8, 4) is 0 Å². The van der Waals surface area contributed by atoms with Crippen LogP contribution in [0.2, 0.25) is 5.15 Å². The van der Waals surface area contributed by atoms with Crippen molar-refractivity contribution < 1.29 is 10.2 Å². The molecule has 16 heavy (non-hydrogen) atoms. The number of hydrogen-bond donors (Lipinski definition) is 3. The number of aliphatic hydroxyl groups excluding tert-OH is 2. The zero-order chi connectivity index (χ0) is 12.1. The largest absolute Gasteiger partial charge is 0.390 e. The molecular formula is C11H17ClN2O2. The monoisotopic (exact) mass is 244 g/mol. The van der Waals surface area contributed by atoms with Gasteiger partial charge in [-0.1, -0.05) is 11.6 Å². The maximum Gasteiger partial charge on any atom is 0.131 e. The first-order chi connectivity index (χ1) is 7.56. The molecule has 3 N–H and O–H groups in total. The Morgan fingerprint density at radius 3 is 2.75 bits per heavy atom. The summed E-state index contributed by atoms with van der Waals surface area (Å²) < 4.78 is 0. The van der Waals surface area contributed by atoms with E-state index in [4.69, 9.17) is 11.6 Å². The van der Waals surface area contributed by atoms with Gasteiger partial charge >= 0.3 is 0 Å². The van der Waals surface area contributed by atoms with Gasteiger partial charge < -0.3 is 15.5 Å². The van der Waals surface area contributed by atoms with Crippen LogP contribution >= 0.6 is 11.6 Å². The lowest BCUT2D eigenvalue weighted by atomic mass is 10.0. The van der Waals surface area contributed by atoms with Crippen molar-refractivity contribution in [1.82, 2.24) is 10.3 Å². The van der Waals surface area contributed by atoms with Crippen molar-refractivity contribution in [3.63, 3.8) is 0 Å². The van der Waals surface area contributed by atoms with Crippen LogP contribution in [0.15, 0.2) is 12.3 Å². The molecular weight excluding hydrogens is 228 g/mol. The normalized spacial score (nSPS) is 14.8. The fraction of sp³-hybridized carbons (Fsp3) is 0.545. The van der Waals surface area contributed by atoms with Crippen LogP contribution in [0.3, 0.4) is 0 Å². The Hall–Kier alpha value is -0.680. The van der Waals surface area contributed by atoms with Crippen molar-refractivity contribution in [2.75, 3.05) is 13.6 Å². The highest BCUT2D eigenvalue weighted by atomic mass is 35.5. The summed E-state index contributed by atoms with van der Waals surface area (Å²) in [5.41, 5.74) is 1.38. The Bertz CT molecular complexity index is 347. The number of nitrogens with one attached hydrogen (secondary N) is 1. The third kappa shape index (κ3) is 3.42. The molecule has 0 aromatic carbocycles. The van der Waals surface area contributed by atoms with E-state index in [9.17, 15) is 10.2 Å². The highest BCUT2D eigenvalue weighted by Crippen LogP contribution is 2.21. The van der Waals surface area contributed by atoms with Crippen molar-refractivity contribution in [1.29, 1.82) is 0 Å². The van der Waals surface area contributed by atoms with Gasteiger partial charge in [0.25, 0.3) is 0 Å². The maximum absolute atomic E-state index is 9.87. The van der Waals surface area contributed by atoms with Crippen LogP contribution in [0, 0.1) is 6.92 Å². The van der Waals surface area contributed by atoms with Gasteiger partial charge in [0.15, 0.2) is 0 Å². The van der Waals surface area contributed by atoms with Crippen LogP contribution in [0.5, 0.6) is 0 Å². The summed E-state index contributed by atoms with van der Waals surface area (Å²) in [5.74, 6) is 0. The first-order valence-corrected chi connectivity index (χ1v) is 5.56. The molecule has 0 saturated heterocycles. The van der Waals surface area contributed by atoms with Gasteiger partial charge in [-0.15, -0.1) is 0 Å². The quantitative estimate of drug-likeness (QED) is 0.678. The van der Waals surface area contributed by atoms with Crippen molar-refractivity contribution in [2.24, 2.45) is 0 Å². The van der Waals surface area contributed by atoms with Crippen molar-refractivity contribution in [2.45, 2.75) is 25.6 Å². The fourth-order valence-electron chi connectivity index (χ4n) is 1.41. The minimum Gasteiger partial charge on any atom is -0.390 e. The first kappa shape index (κ1) is 13.4. The molecule has 2 atom stereocenters. The van der Waals surface area contributed by atoms with E-state index in [1.165, 1.54) is 6.20 Å². The van der Waals surface area contributed by atoms with Gasteiger partial charge in [-0.05, 0) is 38.6 Å². The van der Waals surface area contributed by atoms with Crippen molar-refractivity contribution >= 4 is 11.6 Å². The Labute approximate surface area is 100 Å². The molecule has 4 nitrogen and oxygen atoms in total. The lowest BCUT2D eigenvalue weighted by Gasteiger charge is -2.18. The highest BCUT2D eigenvalue weighted by molar-refractivity contribution is 6.30. The minimum absolute atomic E-state index is 0.417. The van der Waals surface area contributed by atoms with Gasteiger partial charge in [0, 0.05) is 11.8 Å². The third-order valence-electron chi connectivity index (χ3n) is 2.43. The number of halogens is 1. The molecule has 2 unspecified atom stereocenters. The van der Waals surface area contributed by atoms with E-state index in [2.05, 4.69) is 10.3 Å². The van der Waals surface area contributed by atoms with Gasteiger partial charge in [-0.25, -0.2) is 4.98 Å². The highest BCUT2D eigenvalue weighted by Gasteiger charge is 2.18. The second kappa shape index (κ2) is 6.15. The predicted octanol–water partition coefficient (Wildman–Crippen LogP) is 1.05. The molecule has 1 aromatic heterocycles. The molecule has 90 valence electrons. The Kier molecular flexibility index (Phi) is 5.15. The second-order valence-electron chi connectivity index (χ2n) is 3.78. The van der Waals surface area contributed by atoms with Gasteiger partial charge in [0.2, 0.25) is 0 Å². The molecule has 0 aliphatic rings. The van der Waals surface area contributed by atoms with Crippen LogP contribution in [-0.2, 0) is 0 Å². The van der Waals surface area contributed by atoms with E-state index >= 15 is 0 Å². The molecule has 0 bridgehead atoms. The Balaban J connectivity index is 2.71. The summed E-state index contributed by atoms with van der Waals surface area (Å²) in [6.45, 7) is 2.46. The summed E-state index contributed by atoms with van der Waals surface area (Å²) in [7, 11) is 1.80. The van der Waals surface area contributed by atoms with Gasteiger partial charge in [-0.3, -0.25) is 0 Å². The Morgan fingerprint density at radius 2 is 2.19 bits per heavy atom. The molecule has 0 saturated carbocycles. The summed E-state index contributed by atoms with van der Waals surface area (Å²) in [5, 5.41) is 22.9. The summed E-state index contributed by atoms with van der Waals surface area (Å²) in [4.78, 5) is 3.94. The molecule has 1 heterocycles. The first-order valence-electron chi connectivity index (χ1n) is 5.19. The zero-order valence-corrected chi connectivity index (χ0v) is 10.2. The average Bonchev–Trinajstić information content (AvgIpc) is 2.28. The van der Waals surface area contributed by atoms with Crippen LogP contribution in [0.4, 0.5) is 0 Å². The van der Waals surface area contributed by atoms with E-state index in [1.54, 1.807) is 13.1 Å². The molecule has 1 rings (SSSR count). The number of aryl methyl sites for hydroxylation is 1. The number of aliphatic hydroxyl groups is 2. The molecule has 0 amide bonds. The Morgan fingerprint density at radius 1 is 1.50 bits per heavy atom. The molecule has 0 spiro atoms. The van der Waals surface area contributed by atoms with Crippen LogP contribution in [0.25, 0.3) is 0 Å². The summed E-state index contributed by atoms with van der Waals surface area (Å²) >= 11 is 5.78. The topological polar surface area (TPSA) is 65.4 Å². The number of hydrogen-bond acceptors (Lipinski definition) is 4. The van der Waals surface area contributed by atoms with Crippen LogP contribution < -0.4 is 5.32 Å². The van der Waals surface area contributed by atoms with Gasteiger partial charge in [0.1, 0.15) is 11.3 Å². The van der Waals surface area contributed by atoms with E-state index in [0.717, 1.165) is 5.56 Å². The van der Waals surface area contributed by atoms with E-state index in [-0.39, 0.29) is 0 Å². The molecule has 0 aliphatic carbocycles. The van der Waals surface area contributed by atoms with Gasteiger partial charge in [-0.2, -0.15) is 0 Å². The van der Waals surface area contributed by atoms with Crippen LogP contribution in [0.1, 0.15) is 23.7 Å². The smallest absolute Gasteiger partial charge is 0.131 e. The SMILES string of the molecule is CNCCC(O)C(O)c1cnc(Cl)c(C)c1. The molecule has 0 radical (unpaired) electrons. The lowest BCUT2D eigenvalue weighted by molar-refractivity contribution is 0.0138. The standard InChI is InChI=1S/C11H17ClN2O2/c1-7-5-8(6-14-11(7)12)10(16)9(15)3-4-13-2/h5-6,9-10,13,15-16H,3-4H2,1-2H3. The molecule has 1 aromatic rings. The number of nitrogens with zero attached hydrogens (tertiary/aromatic N) is 1. The zero-order valence-electron chi connectivity index (χ0n) is 9.44. The fourth-order valence-corrected chi connectivity index (χ4v) is 1.52. The molecule has 0 aliphatic heterocycles. The molecule has 0 fully saturated rings. The third-order valence-corrected chi connectivity index (χ3v) is 2.83. The molecule has 5 heteroatoms. The number of aromatic nitrogens is 1. The summed E-state index contributed by atoms with van der Waals surface area (Å²) in [6, 6.07) is 1.74. The maximum atomic E-state index is 9.87. The van der Waals surface area contributed by atoms with E-state index in [1.807, 2.05) is 6.92 Å². The van der Waals surface area contributed by atoms with Crippen molar-refractivity contribution in [3.05, 3.63) is 28.5 Å². The van der Waals surface area contributed by atoms with Gasteiger partial charge in [0.05, 0.1) is 6.10 Å². The number of rotatable bonds is 5. The lowest BCUT2D eigenvalue weighted by Crippen LogP contribution is -2.23. The van der Waals surface area contributed by atoms with Crippen LogP contribution in [-0.4, -0.2) is 34.9 Å². The van der Waals surface area contributed by atoms with E-state index in [0.29, 0.717) is 23.7 Å². The summed E-state index contributed by atoms with van der Waals surface area (Å²) in [6.07, 6.45) is 0.258. The minimum atomic E-state index is -0.920. The average molecular weight is 245 g/mol.